The maximum atomic E-state index is 12.3. The van der Waals surface area contributed by atoms with E-state index in [4.69, 9.17) is 5.73 Å². The minimum atomic E-state index is -0.502. The van der Waals surface area contributed by atoms with Crippen LogP contribution in [0.5, 0.6) is 0 Å². The summed E-state index contributed by atoms with van der Waals surface area (Å²) in [5, 5.41) is 0. The molecule has 0 saturated carbocycles. The fourth-order valence-electron chi connectivity index (χ4n) is 1.70. The highest BCUT2D eigenvalue weighted by molar-refractivity contribution is 5.82. The van der Waals surface area contributed by atoms with Gasteiger partial charge in [0.25, 0.3) is 0 Å². The molecule has 0 heterocycles. The number of hydrogen-bond acceptors (Lipinski definition) is 2. The normalized spacial score (nSPS) is 13.2. The molecule has 0 aliphatic heterocycles. The van der Waals surface area contributed by atoms with E-state index >= 15 is 0 Å². The van der Waals surface area contributed by atoms with E-state index in [0.717, 1.165) is 5.56 Å². The first-order valence-corrected chi connectivity index (χ1v) is 5.92. The van der Waals surface area contributed by atoms with E-state index in [1.165, 1.54) is 0 Å². The largest absolute Gasteiger partial charge is 0.338 e. The molecule has 1 atom stereocenters. The zero-order chi connectivity index (χ0) is 13.1. The lowest BCUT2D eigenvalue weighted by atomic mass is 9.91. The van der Waals surface area contributed by atoms with Crippen molar-refractivity contribution in [3.8, 4) is 0 Å². The smallest absolute Gasteiger partial charge is 0.229 e. The van der Waals surface area contributed by atoms with Crippen molar-refractivity contribution in [2.75, 3.05) is 13.6 Å². The SMILES string of the molecule is CC(c1ccccc1)N(C)C(=O)C(C)(C)CN. The van der Waals surface area contributed by atoms with E-state index in [1.807, 2.05) is 58.2 Å². The molecule has 0 saturated heterocycles. The minimum Gasteiger partial charge on any atom is -0.338 e. The number of amides is 1. The number of nitrogens with zero attached hydrogens (tertiary/aromatic N) is 1. The van der Waals surface area contributed by atoms with Crippen LogP contribution in [0.1, 0.15) is 32.4 Å². The summed E-state index contributed by atoms with van der Waals surface area (Å²) >= 11 is 0. The highest BCUT2D eigenvalue weighted by atomic mass is 16.2. The van der Waals surface area contributed by atoms with Crippen LogP contribution in [0.2, 0.25) is 0 Å². The van der Waals surface area contributed by atoms with Gasteiger partial charge in [-0.1, -0.05) is 30.3 Å². The Morgan fingerprint density at radius 1 is 1.35 bits per heavy atom. The lowest BCUT2D eigenvalue weighted by Gasteiger charge is -2.32. The van der Waals surface area contributed by atoms with Crippen molar-refractivity contribution >= 4 is 5.91 Å². The van der Waals surface area contributed by atoms with Gasteiger partial charge in [-0.25, -0.2) is 0 Å². The van der Waals surface area contributed by atoms with Crippen LogP contribution in [0.15, 0.2) is 30.3 Å². The van der Waals surface area contributed by atoms with Crippen LogP contribution < -0.4 is 5.73 Å². The molecular formula is C14H22N2O. The topological polar surface area (TPSA) is 46.3 Å². The third-order valence-electron chi connectivity index (χ3n) is 3.27. The highest BCUT2D eigenvalue weighted by Crippen LogP contribution is 2.24. The third-order valence-corrected chi connectivity index (χ3v) is 3.27. The van der Waals surface area contributed by atoms with Gasteiger partial charge in [0.15, 0.2) is 0 Å². The molecule has 0 bridgehead atoms. The number of nitrogens with two attached hydrogens (primary N) is 1. The summed E-state index contributed by atoms with van der Waals surface area (Å²) in [7, 11) is 1.83. The lowest BCUT2D eigenvalue weighted by molar-refractivity contribution is -0.140. The Bertz CT molecular complexity index is 373. The monoisotopic (exact) mass is 234 g/mol. The van der Waals surface area contributed by atoms with E-state index in [-0.39, 0.29) is 11.9 Å². The maximum absolute atomic E-state index is 12.3. The molecule has 0 fully saturated rings. The van der Waals surface area contributed by atoms with Crippen LogP contribution in [0.3, 0.4) is 0 Å². The van der Waals surface area contributed by atoms with Crippen molar-refractivity contribution in [1.29, 1.82) is 0 Å². The van der Waals surface area contributed by atoms with Crippen LogP contribution in [-0.4, -0.2) is 24.4 Å². The van der Waals surface area contributed by atoms with Crippen LogP contribution >= 0.6 is 0 Å². The van der Waals surface area contributed by atoms with E-state index in [9.17, 15) is 4.79 Å². The van der Waals surface area contributed by atoms with Crippen molar-refractivity contribution in [2.45, 2.75) is 26.8 Å². The Kier molecular flexibility index (Phi) is 4.29. The molecule has 0 radical (unpaired) electrons. The van der Waals surface area contributed by atoms with E-state index in [2.05, 4.69) is 0 Å². The van der Waals surface area contributed by atoms with Crippen LogP contribution in [0.25, 0.3) is 0 Å². The molecule has 0 aliphatic rings. The standard InChI is InChI=1S/C14H22N2O/c1-11(12-8-6-5-7-9-12)16(4)13(17)14(2,3)10-15/h5-9,11H,10,15H2,1-4H3. The van der Waals surface area contributed by atoms with Crippen LogP contribution in [-0.2, 0) is 4.79 Å². The lowest BCUT2D eigenvalue weighted by Crippen LogP contribution is -2.43. The molecule has 0 spiro atoms. The number of benzene rings is 1. The molecule has 94 valence electrons. The van der Waals surface area contributed by atoms with Gasteiger partial charge in [0.1, 0.15) is 0 Å². The van der Waals surface area contributed by atoms with Crippen LogP contribution in [0, 0.1) is 5.41 Å². The molecule has 1 amide bonds. The van der Waals surface area contributed by atoms with Crippen molar-refractivity contribution < 1.29 is 4.79 Å². The summed E-state index contributed by atoms with van der Waals surface area (Å²) < 4.78 is 0. The number of carbonyl (C=O) groups is 1. The van der Waals surface area contributed by atoms with Gasteiger partial charge in [-0.3, -0.25) is 4.79 Å². The Balaban J connectivity index is 2.84. The van der Waals surface area contributed by atoms with Gasteiger partial charge >= 0.3 is 0 Å². The van der Waals surface area contributed by atoms with Gasteiger partial charge in [0.05, 0.1) is 11.5 Å². The number of carbonyl (C=O) groups excluding carboxylic acids is 1. The van der Waals surface area contributed by atoms with E-state index in [1.54, 1.807) is 4.90 Å². The molecule has 0 aliphatic carbocycles. The molecule has 1 unspecified atom stereocenters. The molecule has 0 aromatic heterocycles. The summed E-state index contributed by atoms with van der Waals surface area (Å²) in [5.74, 6) is 0.0800. The zero-order valence-corrected chi connectivity index (χ0v) is 11.1. The summed E-state index contributed by atoms with van der Waals surface area (Å²) in [5.41, 5.74) is 6.27. The van der Waals surface area contributed by atoms with Gasteiger partial charge < -0.3 is 10.6 Å². The quantitative estimate of drug-likeness (QED) is 0.868. The summed E-state index contributed by atoms with van der Waals surface area (Å²) in [6.45, 7) is 6.14. The highest BCUT2D eigenvalue weighted by Gasteiger charge is 2.31. The molecule has 3 nitrogen and oxygen atoms in total. The Morgan fingerprint density at radius 2 is 1.88 bits per heavy atom. The second-order valence-electron chi connectivity index (χ2n) is 5.09. The van der Waals surface area contributed by atoms with Crippen LogP contribution in [0.4, 0.5) is 0 Å². The van der Waals surface area contributed by atoms with Crippen molar-refractivity contribution in [3.05, 3.63) is 35.9 Å². The van der Waals surface area contributed by atoms with E-state index < -0.39 is 5.41 Å². The van der Waals surface area contributed by atoms with Gasteiger partial charge in [0, 0.05) is 13.6 Å². The number of rotatable bonds is 4. The molecule has 2 N–H and O–H groups in total. The third kappa shape index (κ3) is 3.07. The number of hydrogen-bond donors (Lipinski definition) is 1. The van der Waals surface area contributed by atoms with Gasteiger partial charge in [-0.05, 0) is 26.3 Å². The Labute approximate surface area is 104 Å². The first kappa shape index (κ1) is 13.7. The second kappa shape index (κ2) is 5.32. The first-order chi connectivity index (χ1) is 7.90. The molecule has 17 heavy (non-hydrogen) atoms. The molecule has 1 aromatic carbocycles. The van der Waals surface area contributed by atoms with Gasteiger partial charge in [-0.15, -0.1) is 0 Å². The first-order valence-electron chi connectivity index (χ1n) is 5.92. The predicted octanol–water partition coefficient (Wildman–Crippen LogP) is 2.19. The Hall–Kier alpha value is -1.35. The van der Waals surface area contributed by atoms with Gasteiger partial charge in [-0.2, -0.15) is 0 Å². The second-order valence-corrected chi connectivity index (χ2v) is 5.09. The average Bonchev–Trinajstić information content (AvgIpc) is 2.37. The summed E-state index contributed by atoms with van der Waals surface area (Å²) in [4.78, 5) is 14.0. The molecule has 1 aromatic rings. The minimum absolute atomic E-state index is 0.0644. The molecule has 3 heteroatoms. The maximum Gasteiger partial charge on any atom is 0.229 e. The predicted molar refractivity (Wildman–Crippen MR) is 70.5 cm³/mol. The summed E-state index contributed by atoms with van der Waals surface area (Å²) in [6, 6.07) is 10.1. The molecule has 1 rings (SSSR count). The van der Waals surface area contributed by atoms with Gasteiger partial charge in [0.2, 0.25) is 5.91 Å². The Morgan fingerprint density at radius 3 is 2.35 bits per heavy atom. The average molecular weight is 234 g/mol. The molecular weight excluding hydrogens is 212 g/mol. The fraction of sp³-hybridized carbons (Fsp3) is 0.500. The fourth-order valence-corrected chi connectivity index (χ4v) is 1.70. The zero-order valence-electron chi connectivity index (χ0n) is 11.1. The van der Waals surface area contributed by atoms with Crippen molar-refractivity contribution in [2.24, 2.45) is 11.1 Å². The summed E-state index contributed by atoms with van der Waals surface area (Å²) in [6.07, 6.45) is 0. The van der Waals surface area contributed by atoms with E-state index in [0.29, 0.717) is 6.54 Å². The van der Waals surface area contributed by atoms with Crippen molar-refractivity contribution in [3.63, 3.8) is 0 Å². The van der Waals surface area contributed by atoms with Crippen molar-refractivity contribution in [1.82, 2.24) is 4.90 Å².